The molecule has 8 heteroatoms. The van der Waals surface area contributed by atoms with Crippen molar-refractivity contribution in [1.82, 2.24) is 4.90 Å². The molecule has 2 aromatic rings. The predicted octanol–water partition coefficient (Wildman–Crippen LogP) is 4.38. The van der Waals surface area contributed by atoms with Crippen molar-refractivity contribution in [3.8, 4) is 11.5 Å². The van der Waals surface area contributed by atoms with Gasteiger partial charge in [-0.2, -0.15) is 0 Å². The lowest BCUT2D eigenvalue weighted by atomic mass is 9.84. The fourth-order valence-electron chi connectivity index (χ4n) is 4.35. The standard InChI is InChI=1S/C28H33NO7/c1-17(30)36-20-10-7-9-18(15-20)24-23(26(32)27(33)29(24)13-8-14-34-5)25(31)19-11-12-22(35-6)21(16-19)28(2,3)4/h7,9-12,15-16,24,31H,8,13-14H2,1-6H3/b25-23+. The number of aliphatic hydroxyl groups excluding tert-OH is 1. The molecular weight excluding hydrogens is 462 g/mol. The molecule has 3 rings (SSSR count). The Morgan fingerprint density at radius 1 is 1.08 bits per heavy atom. The van der Waals surface area contributed by atoms with Crippen LogP contribution < -0.4 is 9.47 Å². The van der Waals surface area contributed by atoms with E-state index in [4.69, 9.17) is 14.2 Å². The lowest BCUT2D eigenvalue weighted by Crippen LogP contribution is -2.31. The highest BCUT2D eigenvalue weighted by atomic mass is 16.5. The molecule has 1 fully saturated rings. The van der Waals surface area contributed by atoms with E-state index in [0.29, 0.717) is 29.9 Å². The lowest BCUT2D eigenvalue weighted by Gasteiger charge is -2.26. The molecule has 1 saturated heterocycles. The molecule has 0 aliphatic carbocycles. The highest BCUT2D eigenvalue weighted by molar-refractivity contribution is 6.46. The summed E-state index contributed by atoms with van der Waals surface area (Å²) in [5.41, 5.74) is 1.46. The molecule has 0 bridgehead atoms. The maximum atomic E-state index is 13.3. The van der Waals surface area contributed by atoms with Crippen LogP contribution in [0.25, 0.3) is 5.76 Å². The van der Waals surface area contributed by atoms with Gasteiger partial charge in [-0.15, -0.1) is 0 Å². The summed E-state index contributed by atoms with van der Waals surface area (Å²) < 4.78 is 15.8. The van der Waals surface area contributed by atoms with Crippen LogP contribution in [0.1, 0.15) is 56.8 Å². The smallest absolute Gasteiger partial charge is 0.308 e. The van der Waals surface area contributed by atoms with Crippen LogP contribution in [0.5, 0.6) is 11.5 Å². The molecule has 1 amide bonds. The molecule has 1 unspecified atom stereocenters. The van der Waals surface area contributed by atoms with Crippen LogP contribution in [0.2, 0.25) is 0 Å². The number of methoxy groups -OCH3 is 2. The van der Waals surface area contributed by atoms with Crippen LogP contribution in [-0.2, 0) is 24.5 Å². The number of Topliss-reactive ketones (excluding diaryl/α,β-unsaturated/α-hetero) is 1. The third kappa shape index (κ3) is 5.60. The monoisotopic (exact) mass is 495 g/mol. The average Bonchev–Trinajstić information content (AvgIpc) is 3.07. The highest BCUT2D eigenvalue weighted by Gasteiger charge is 2.46. The first-order valence-electron chi connectivity index (χ1n) is 11.7. The third-order valence-corrected chi connectivity index (χ3v) is 6.00. The van der Waals surface area contributed by atoms with Gasteiger partial charge in [-0.1, -0.05) is 32.9 Å². The Balaban J connectivity index is 2.20. The Morgan fingerprint density at radius 2 is 1.81 bits per heavy atom. The van der Waals surface area contributed by atoms with E-state index in [1.807, 2.05) is 20.8 Å². The molecule has 0 saturated carbocycles. The quantitative estimate of drug-likeness (QED) is 0.145. The summed E-state index contributed by atoms with van der Waals surface area (Å²) in [5, 5.41) is 11.4. The van der Waals surface area contributed by atoms with E-state index in [1.165, 1.54) is 11.8 Å². The van der Waals surface area contributed by atoms with Gasteiger partial charge < -0.3 is 24.2 Å². The molecule has 1 N–H and O–H groups in total. The molecule has 36 heavy (non-hydrogen) atoms. The van der Waals surface area contributed by atoms with E-state index in [2.05, 4.69) is 0 Å². The minimum atomic E-state index is -0.863. The maximum absolute atomic E-state index is 13.3. The SMILES string of the molecule is COCCCN1C(=O)C(=O)/C(=C(/O)c2ccc(OC)c(C(C)(C)C)c2)C1c1cccc(OC(C)=O)c1. The molecule has 0 radical (unpaired) electrons. The van der Waals surface area contributed by atoms with Gasteiger partial charge >= 0.3 is 5.97 Å². The van der Waals surface area contributed by atoms with Crippen LogP contribution in [0.15, 0.2) is 48.0 Å². The van der Waals surface area contributed by atoms with Gasteiger partial charge in [0.05, 0.1) is 18.7 Å². The number of ether oxygens (including phenoxy) is 3. The van der Waals surface area contributed by atoms with E-state index >= 15 is 0 Å². The van der Waals surface area contributed by atoms with E-state index in [9.17, 15) is 19.5 Å². The second-order valence-corrected chi connectivity index (χ2v) is 9.67. The first-order chi connectivity index (χ1) is 17.0. The number of carbonyl (C=O) groups excluding carboxylic acids is 3. The van der Waals surface area contributed by atoms with Crippen LogP contribution in [0, 0.1) is 0 Å². The number of aliphatic hydroxyl groups is 1. The Morgan fingerprint density at radius 3 is 2.42 bits per heavy atom. The summed E-state index contributed by atoms with van der Waals surface area (Å²) >= 11 is 0. The zero-order chi connectivity index (χ0) is 26.6. The number of amides is 1. The summed E-state index contributed by atoms with van der Waals surface area (Å²) in [5.74, 6) is -1.32. The number of hydrogen-bond acceptors (Lipinski definition) is 7. The molecule has 8 nitrogen and oxygen atoms in total. The second-order valence-electron chi connectivity index (χ2n) is 9.67. The molecule has 0 aromatic heterocycles. The number of likely N-dealkylation sites (tertiary alicyclic amines) is 1. The largest absolute Gasteiger partial charge is 0.507 e. The summed E-state index contributed by atoms with van der Waals surface area (Å²) in [6.07, 6.45) is 0.500. The third-order valence-electron chi connectivity index (χ3n) is 6.00. The number of benzene rings is 2. The predicted molar refractivity (Wildman–Crippen MR) is 135 cm³/mol. The Labute approximate surface area is 211 Å². The van der Waals surface area contributed by atoms with Gasteiger partial charge in [-0.3, -0.25) is 14.4 Å². The van der Waals surface area contributed by atoms with Crippen LogP contribution >= 0.6 is 0 Å². The second kappa shape index (κ2) is 11.0. The Kier molecular flexibility index (Phi) is 8.20. The highest BCUT2D eigenvalue weighted by Crippen LogP contribution is 2.41. The summed E-state index contributed by atoms with van der Waals surface area (Å²) in [6, 6.07) is 10.9. The van der Waals surface area contributed by atoms with Crippen molar-refractivity contribution in [3.05, 3.63) is 64.7 Å². The van der Waals surface area contributed by atoms with Crippen molar-refractivity contribution in [2.75, 3.05) is 27.4 Å². The van der Waals surface area contributed by atoms with Crippen molar-refractivity contribution >= 4 is 23.4 Å². The van der Waals surface area contributed by atoms with Gasteiger partial charge in [0.1, 0.15) is 17.3 Å². The first kappa shape index (κ1) is 26.9. The van der Waals surface area contributed by atoms with Crippen molar-refractivity contribution in [2.45, 2.75) is 45.6 Å². The number of rotatable bonds is 8. The summed E-state index contributed by atoms with van der Waals surface area (Å²) in [4.78, 5) is 39.3. The van der Waals surface area contributed by atoms with E-state index in [-0.39, 0.29) is 29.0 Å². The number of carbonyl (C=O) groups is 3. The molecule has 1 atom stereocenters. The van der Waals surface area contributed by atoms with Crippen molar-refractivity contribution in [3.63, 3.8) is 0 Å². The molecule has 2 aromatic carbocycles. The zero-order valence-electron chi connectivity index (χ0n) is 21.6. The van der Waals surface area contributed by atoms with Crippen LogP contribution in [0.3, 0.4) is 0 Å². The fourth-order valence-corrected chi connectivity index (χ4v) is 4.35. The molecule has 1 aliphatic rings. The molecule has 1 aliphatic heterocycles. The fraction of sp³-hybridized carbons (Fsp3) is 0.393. The zero-order valence-corrected chi connectivity index (χ0v) is 21.6. The number of hydrogen-bond donors (Lipinski definition) is 1. The Hall–Kier alpha value is -3.65. The minimum Gasteiger partial charge on any atom is -0.507 e. The molecule has 192 valence electrons. The molecule has 0 spiro atoms. The summed E-state index contributed by atoms with van der Waals surface area (Å²) in [7, 11) is 3.14. The van der Waals surface area contributed by atoms with Gasteiger partial charge in [0.2, 0.25) is 0 Å². The minimum absolute atomic E-state index is 0.0255. The van der Waals surface area contributed by atoms with Crippen molar-refractivity contribution in [2.24, 2.45) is 0 Å². The maximum Gasteiger partial charge on any atom is 0.308 e. The number of esters is 1. The van der Waals surface area contributed by atoms with Crippen molar-refractivity contribution < 1.29 is 33.7 Å². The lowest BCUT2D eigenvalue weighted by molar-refractivity contribution is -0.140. The normalized spacial score (nSPS) is 17.4. The van der Waals surface area contributed by atoms with E-state index < -0.39 is 23.7 Å². The number of ketones is 1. The van der Waals surface area contributed by atoms with Gasteiger partial charge in [-0.05, 0) is 47.7 Å². The van der Waals surface area contributed by atoms with Crippen molar-refractivity contribution in [1.29, 1.82) is 0 Å². The Bertz CT molecular complexity index is 1190. The van der Waals surface area contributed by atoms with Crippen LogP contribution in [0.4, 0.5) is 0 Å². The van der Waals surface area contributed by atoms with E-state index in [1.54, 1.807) is 56.7 Å². The van der Waals surface area contributed by atoms with Crippen LogP contribution in [-0.4, -0.2) is 55.0 Å². The van der Waals surface area contributed by atoms with E-state index in [0.717, 1.165) is 5.56 Å². The van der Waals surface area contributed by atoms with Gasteiger partial charge in [0.25, 0.3) is 11.7 Å². The molecular formula is C28H33NO7. The number of nitrogens with zero attached hydrogens (tertiary/aromatic N) is 1. The first-order valence-corrected chi connectivity index (χ1v) is 11.7. The van der Waals surface area contributed by atoms with Gasteiger partial charge in [0, 0.05) is 38.3 Å². The summed E-state index contributed by atoms with van der Waals surface area (Å²) in [6.45, 7) is 7.99. The van der Waals surface area contributed by atoms with Gasteiger partial charge in [-0.25, -0.2) is 0 Å². The average molecular weight is 496 g/mol. The topological polar surface area (TPSA) is 102 Å². The molecule has 1 heterocycles. The van der Waals surface area contributed by atoms with Gasteiger partial charge in [0.15, 0.2) is 0 Å².